The summed E-state index contributed by atoms with van der Waals surface area (Å²) in [7, 11) is 0. The molecule has 0 atom stereocenters. The summed E-state index contributed by atoms with van der Waals surface area (Å²) in [4.78, 5) is 4.50. The molecule has 3 nitrogen and oxygen atoms in total. The molecule has 0 spiro atoms. The van der Waals surface area contributed by atoms with Crippen LogP contribution in [-0.2, 0) is 13.0 Å². The van der Waals surface area contributed by atoms with Crippen LogP contribution in [0.15, 0.2) is 18.2 Å². The van der Waals surface area contributed by atoms with Crippen LogP contribution in [0.3, 0.4) is 0 Å². The lowest BCUT2D eigenvalue weighted by Crippen LogP contribution is -2.18. The summed E-state index contributed by atoms with van der Waals surface area (Å²) in [5, 5.41) is 3.28. The Kier molecular flexibility index (Phi) is 3.74. The predicted molar refractivity (Wildman–Crippen MR) is 67.6 cm³/mol. The van der Waals surface area contributed by atoms with E-state index in [-0.39, 0.29) is 5.82 Å². The van der Waals surface area contributed by atoms with Gasteiger partial charge in [0.15, 0.2) is 0 Å². The number of halogens is 1. The Labute approximate surface area is 101 Å². The van der Waals surface area contributed by atoms with Crippen molar-refractivity contribution in [2.24, 2.45) is 0 Å². The van der Waals surface area contributed by atoms with Crippen LogP contribution in [0.4, 0.5) is 4.39 Å². The fraction of sp³-hybridized carbons (Fsp3) is 0.462. The number of imidazole rings is 1. The smallest absolute Gasteiger partial charge is 0.125 e. The molecule has 4 heteroatoms. The van der Waals surface area contributed by atoms with Gasteiger partial charge in [-0.05, 0) is 25.6 Å². The summed E-state index contributed by atoms with van der Waals surface area (Å²) in [5.41, 5.74) is 1.76. The maximum absolute atomic E-state index is 13.1. The molecule has 0 aliphatic heterocycles. The van der Waals surface area contributed by atoms with Gasteiger partial charge in [-0.1, -0.05) is 6.92 Å². The van der Waals surface area contributed by atoms with Gasteiger partial charge in [0.05, 0.1) is 11.0 Å². The summed E-state index contributed by atoms with van der Waals surface area (Å²) in [6, 6.07) is 4.79. The van der Waals surface area contributed by atoms with Gasteiger partial charge in [-0.2, -0.15) is 0 Å². The van der Waals surface area contributed by atoms with Crippen molar-refractivity contribution in [1.29, 1.82) is 0 Å². The zero-order valence-electron chi connectivity index (χ0n) is 10.3. The van der Waals surface area contributed by atoms with E-state index in [1.165, 1.54) is 12.1 Å². The van der Waals surface area contributed by atoms with E-state index in [4.69, 9.17) is 0 Å². The number of fused-ring (bicyclic) bond motifs is 1. The molecule has 0 bridgehead atoms. The van der Waals surface area contributed by atoms with Crippen molar-refractivity contribution in [3.05, 3.63) is 29.8 Å². The molecule has 1 aromatic carbocycles. The number of nitrogens with zero attached hydrogens (tertiary/aromatic N) is 2. The summed E-state index contributed by atoms with van der Waals surface area (Å²) >= 11 is 0. The van der Waals surface area contributed by atoms with Crippen molar-refractivity contribution >= 4 is 11.0 Å². The van der Waals surface area contributed by atoms with E-state index < -0.39 is 0 Å². The summed E-state index contributed by atoms with van der Waals surface area (Å²) < 4.78 is 15.3. The van der Waals surface area contributed by atoms with Crippen LogP contribution in [0.1, 0.15) is 19.7 Å². The average Bonchev–Trinajstić information content (AvgIpc) is 2.66. The van der Waals surface area contributed by atoms with Gasteiger partial charge in [0.2, 0.25) is 0 Å². The highest BCUT2D eigenvalue weighted by atomic mass is 19.1. The standard InChI is InChI=1S/C13H18FN3/c1-3-15-8-7-13-16-11-9-10(14)5-6-12(11)17(13)4-2/h5-6,9,15H,3-4,7-8H2,1-2H3. The normalized spacial score (nSPS) is 11.2. The molecule has 1 aromatic heterocycles. The van der Waals surface area contributed by atoms with E-state index in [0.29, 0.717) is 0 Å². The van der Waals surface area contributed by atoms with Gasteiger partial charge in [-0.3, -0.25) is 0 Å². The molecular weight excluding hydrogens is 217 g/mol. The second-order valence-electron chi connectivity index (χ2n) is 4.01. The van der Waals surface area contributed by atoms with Crippen LogP contribution in [-0.4, -0.2) is 22.6 Å². The monoisotopic (exact) mass is 235 g/mol. The first-order valence-electron chi connectivity index (χ1n) is 6.11. The Bertz CT molecular complexity index is 505. The van der Waals surface area contributed by atoms with Crippen LogP contribution in [0.5, 0.6) is 0 Å². The second kappa shape index (κ2) is 5.27. The molecular formula is C13H18FN3. The summed E-state index contributed by atoms with van der Waals surface area (Å²) in [6.07, 6.45) is 0.873. The lowest BCUT2D eigenvalue weighted by atomic mass is 10.3. The zero-order valence-corrected chi connectivity index (χ0v) is 10.3. The van der Waals surface area contributed by atoms with Crippen LogP contribution in [0.2, 0.25) is 0 Å². The molecule has 0 aliphatic rings. The minimum absolute atomic E-state index is 0.225. The van der Waals surface area contributed by atoms with E-state index in [1.807, 2.05) is 0 Å². The Hall–Kier alpha value is -1.42. The van der Waals surface area contributed by atoms with Crippen molar-refractivity contribution < 1.29 is 4.39 Å². The van der Waals surface area contributed by atoms with Crippen molar-refractivity contribution in [3.63, 3.8) is 0 Å². The Balaban J connectivity index is 2.34. The number of hydrogen-bond donors (Lipinski definition) is 1. The van der Waals surface area contributed by atoms with Gasteiger partial charge in [-0.15, -0.1) is 0 Å². The zero-order chi connectivity index (χ0) is 12.3. The summed E-state index contributed by atoms with van der Waals surface area (Å²) in [6.45, 7) is 6.90. The molecule has 0 aliphatic carbocycles. The van der Waals surface area contributed by atoms with Crippen LogP contribution in [0.25, 0.3) is 11.0 Å². The second-order valence-corrected chi connectivity index (χ2v) is 4.01. The predicted octanol–water partition coefficient (Wildman–Crippen LogP) is 2.35. The van der Waals surface area contributed by atoms with Crippen molar-refractivity contribution in [1.82, 2.24) is 14.9 Å². The molecule has 0 unspecified atom stereocenters. The molecule has 0 amide bonds. The number of likely N-dealkylation sites (N-methyl/N-ethyl adjacent to an activating group) is 1. The Morgan fingerprint density at radius 2 is 2.18 bits per heavy atom. The van der Waals surface area contributed by atoms with E-state index in [1.54, 1.807) is 6.07 Å². The van der Waals surface area contributed by atoms with Gasteiger partial charge in [0, 0.05) is 25.6 Å². The van der Waals surface area contributed by atoms with Crippen LogP contribution >= 0.6 is 0 Å². The fourth-order valence-electron chi connectivity index (χ4n) is 2.07. The number of benzene rings is 1. The molecule has 1 heterocycles. The third kappa shape index (κ3) is 2.47. The van der Waals surface area contributed by atoms with Gasteiger partial charge >= 0.3 is 0 Å². The van der Waals surface area contributed by atoms with E-state index in [2.05, 4.69) is 28.7 Å². The quantitative estimate of drug-likeness (QED) is 0.806. The topological polar surface area (TPSA) is 29.9 Å². The van der Waals surface area contributed by atoms with Crippen molar-refractivity contribution in [2.75, 3.05) is 13.1 Å². The summed E-state index contributed by atoms with van der Waals surface area (Å²) in [5.74, 6) is 0.797. The molecule has 92 valence electrons. The number of aryl methyl sites for hydroxylation is 1. The Morgan fingerprint density at radius 3 is 2.88 bits per heavy atom. The Morgan fingerprint density at radius 1 is 1.35 bits per heavy atom. The number of rotatable bonds is 5. The third-order valence-corrected chi connectivity index (χ3v) is 2.88. The minimum atomic E-state index is -0.225. The van der Waals surface area contributed by atoms with E-state index in [0.717, 1.165) is 42.9 Å². The largest absolute Gasteiger partial charge is 0.328 e. The molecule has 0 saturated heterocycles. The van der Waals surface area contributed by atoms with Gasteiger partial charge in [-0.25, -0.2) is 9.37 Å². The van der Waals surface area contributed by atoms with Gasteiger partial charge in [0.25, 0.3) is 0 Å². The third-order valence-electron chi connectivity index (χ3n) is 2.88. The van der Waals surface area contributed by atoms with Crippen molar-refractivity contribution in [3.8, 4) is 0 Å². The average molecular weight is 235 g/mol. The van der Waals surface area contributed by atoms with E-state index in [9.17, 15) is 4.39 Å². The number of nitrogens with one attached hydrogen (secondary N) is 1. The highest BCUT2D eigenvalue weighted by Gasteiger charge is 2.09. The molecule has 0 fully saturated rings. The highest BCUT2D eigenvalue weighted by molar-refractivity contribution is 5.76. The molecule has 17 heavy (non-hydrogen) atoms. The molecule has 2 rings (SSSR count). The molecule has 2 aromatic rings. The van der Waals surface area contributed by atoms with E-state index >= 15 is 0 Å². The molecule has 0 saturated carbocycles. The first-order chi connectivity index (χ1) is 8.26. The molecule has 0 radical (unpaired) electrons. The lowest BCUT2D eigenvalue weighted by molar-refractivity contribution is 0.629. The first kappa shape index (κ1) is 12.0. The van der Waals surface area contributed by atoms with Crippen LogP contribution in [0, 0.1) is 5.82 Å². The fourth-order valence-corrected chi connectivity index (χ4v) is 2.07. The maximum atomic E-state index is 13.1. The number of aromatic nitrogens is 2. The maximum Gasteiger partial charge on any atom is 0.125 e. The van der Waals surface area contributed by atoms with Gasteiger partial charge in [0.1, 0.15) is 11.6 Å². The van der Waals surface area contributed by atoms with Crippen molar-refractivity contribution in [2.45, 2.75) is 26.8 Å². The SMILES string of the molecule is CCNCCc1nc2cc(F)ccc2n1CC. The molecule has 1 N–H and O–H groups in total. The highest BCUT2D eigenvalue weighted by Crippen LogP contribution is 2.17. The lowest BCUT2D eigenvalue weighted by Gasteiger charge is -2.06. The van der Waals surface area contributed by atoms with Crippen LogP contribution < -0.4 is 5.32 Å². The minimum Gasteiger partial charge on any atom is -0.328 e. The number of hydrogen-bond acceptors (Lipinski definition) is 2. The van der Waals surface area contributed by atoms with Gasteiger partial charge < -0.3 is 9.88 Å². The first-order valence-corrected chi connectivity index (χ1v) is 6.11.